The van der Waals surface area contributed by atoms with Crippen LogP contribution in [0.5, 0.6) is 0 Å². The molecule has 11 nitrogen and oxygen atoms in total. The molecule has 5 N–H and O–H groups in total. The van der Waals surface area contributed by atoms with Crippen molar-refractivity contribution < 1.29 is 19.7 Å². The Balaban J connectivity index is 1.59. The highest BCUT2D eigenvalue weighted by Crippen LogP contribution is 2.30. The van der Waals surface area contributed by atoms with E-state index in [2.05, 4.69) is 25.6 Å². The Morgan fingerprint density at radius 3 is 2.93 bits per heavy atom. The molecule has 2 aromatic rings. The minimum atomic E-state index is -0.895. The van der Waals surface area contributed by atoms with Gasteiger partial charge in [0, 0.05) is 12.1 Å². The highest BCUT2D eigenvalue weighted by molar-refractivity contribution is 5.96. The number of amides is 2. The Bertz CT molecular complexity index is 1010. The number of H-pyrrole nitrogens is 1. The summed E-state index contributed by atoms with van der Waals surface area (Å²) in [6, 6.07) is -0.501. The van der Waals surface area contributed by atoms with Gasteiger partial charge in [-0.05, 0) is 18.9 Å². The molecule has 2 amide bonds. The van der Waals surface area contributed by atoms with Crippen LogP contribution in [0.4, 0.5) is 10.6 Å². The number of aromatic nitrogens is 4. The number of urea groups is 1. The smallest absolute Gasteiger partial charge is 0.329 e. The van der Waals surface area contributed by atoms with Crippen LogP contribution in [-0.4, -0.2) is 54.6 Å². The molecule has 11 heteroatoms. The number of rotatable bonds is 4. The van der Waals surface area contributed by atoms with Gasteiger partial charge in [-0.15, -0.1) is 0 Å². The van der Waals surface area contributed by atoms with E-state index in [1.807, 2.05) is 18.2 Å². The van der Waals surface area contributed by atoms with Gasteiger partial charge in [-0.1, -0.05) is 12.2 Å². The van der Waals surface area contributed by atoms with Crippen LogP contribution in [0.25, 0.3) is 11.2 Å². The predicted molar refractivity (Wildman–Crippen MR) is 98.4 cm³/mol. The van der Waals surface area contributed by atoms with Crippen LogP contribution >= 0.6 is 0 Å². The van der Waals surface area contributed by atoms with Gasteiger partial charge in [0.25, 0.3) is 0 Å². The van der Waals surface area contributed by atoms with Crippen molar-refractivity contribution >= 4 is 23.0 Å². The van der Waals surface area contributed by atoms with Gasteiger partial charge in [-0.25, -0.2) is 24.1 Å². The zero-order valence-corrected chi connectivity index (χ0v) is 14.8. The summed E-state index contributed by atoms with van der Waals surface area (Å²) in [5.74, 6) is 0.135. The van der Waals surface area contributed by atoms with Crippen LogP contribution < -0.4 is 16.3 Å². The molecule has 0 spiro atoms. The fourth-order valence-corrected chi connectivity index (χ4v) is 3.31. The van der Waals surface area contributed by atoms with Crippen LogP contribution in [0.15, 0.2) is 35.0 Å². The third-order valence-corrected chi connectivity index (χ3v) is 4.66. The molecule has 0 aromatic carbocycles. The second-order valence-corrected chi connectivity index (χ2v) is 6.55. The van der Waals surface area contributed by atoms with E-state index in [4.69, 9.17) is 4.74 Å². The largest absolute Gasteiger partial charge is 0.394 e. The van der Waals surface area contributed by atoms with Gasteiger partial charge in [0.05, 0.1) is 12.7 Å². The number of ether oxygens (including phenoxy) is 1. The number of carbonyl (C=O) groups is 1. The highest BCUT2D eigenvalue weighted by Gasteiger charge is 2.36. The minimum absolute atomic E-state index is 0.131. The van der Waals surface area contributed by atoms with E-state index in [1.54, 1.807) is 0 Å². The van der Waals surface area contributed by atoms with Crippen molar-refractivity contribution in [2.45, 2.75) is 37.7 Å². The molecule has 1 aliphatic carbocycles. The summed E-state index contributed by atoms with van der Waals surface area (Å²) in [4.78, 5) is 35.5. The normalized spacial score (nSPS) is 24.4. The summed E-state index contributed by atoms with van der Waals surface area (Å²) in [5, 5.41) is 24.5. The topological polar surface area (TPSA) is 154 Å². The lowest BCUT2D eigenvalue weighted by Gasteiger charge is -2.13. The fourth-order valence-electron chi connectivity index (χ4n) is 3.31. The molecule has 1 fully saturated rings. The third kappa shape index (κ3) is 3.42. The molecule has 0 bridgehead atoms. The van der Waals surface area contributed by atoms with Crippen molar-refractivity contribution in [3.05, 3.63) is 40.7 Å². The summed E-state index contributed by atoms with van der Waals surface area (Å²) < 4.78 is 6.79. The molecule has 0 saturated carbocycles. The fraction of sp³-hybridized carbons (Fsp3) is 0.412. The highest BCUT2D eigenvalue weighted by atomic mass is 16.5. The number of aromatic amines is 1. The standard InChI is InChI=1S/C17H20N6O5/c24-7-11-10(25)6-12(28-11)23-15-13(21-17(23)27)14(18-8-19-15)22-16(26)20-9-4-2-1-3-5-9/h2,4-5,8,10-12,24-25H,1,3,6-7H2,(H,21,27)(H2,18,19,20,22,26)/t10-,11?,12-/m1/s1. The van der Waals surface area contributed by atoms with E-state index in [1.165, 1.54) is 10.9 Å². The lowest BCUT2D eigenvalue weighted by molar-refractivity contribution is -0.0441. The first-order valence-corrected chi connectivity index (χ1v) is 8.91. The van der Waals surface area contributed by atoms with Gasteiger partial charge >= 0.3 is 11.7 Å². The predicted octanol–water partition coefficient (Wildman–Crippen LogP) is 0.116. The summed E-state index contributed by atoms with van der Waals surface area (Å²) in [7, 11) is 0. The van der Waals surface area contributed by atoms with E-state index in [0.717, 1.165) is 12.8 Å². The summed E-state index contributed by atoms with van der Waals surface area (Å²) in [6.45, 7) is -0.360. The van der Waals surface area contributed by atoms with Crippen LogP contribution in [0, 0.1) is 0 Å². The monoisotopic (exact) mass is 388 g/mol. The lowest BCUT2D eigenvalue weighted by Crippen LogP contribution is -2.28. The van der Waals surface area contributed by atoms with Crippen molar-refractivity contribution in [1.82, 2.24) is 24.8 Å². The first-order valence-electron chi connectivity index (χ1n) is 8.91. The van der Waals surface area contributed by atoms with Gasteiger partial charge in [0.1, 0.15) is 24.2 Å². The van der Waals surface area contributed by atoms with Crippen molar-refractivity contribution in [3.63, 3.8) is 0 Å². The molecule has 148 valence electrons. The number of hydrogen-bond donors (Lipinski definition) is 5. The van der Waals surface area contributed by atoms with Crippen molar-refractivity contribution in [1.29, 1.82) is 0 Å². The van der Waals surface area contributed by atoms with Gasteiger partial charge < -0.3 is 25.3 Å². The van der Waals surface area contributed by atoms with Crippen molar-refractivity contribution in [2.75, 3.05) is 11.9 Å². The van der Waals surface area contributed by atoms with Crippen LogP contribution in [-0.2, 0) is 4.74 Å². The Morgan fingerprint density at radius 1 is 1.36 bits per heavy atom. The van der Waals surface area contributed by atoms with E-state index < -0.39 is 30.2 Å². The molecule has 0 radical (unpaired) electrons. The molecule has 4 rings (SSSR count). The number of nitrogens with zero attached hydrogens (tertiary/aromatic N) is 3. The second kappa shape index (κ2) is 7.54. The number of anilines is 1. The molecule has 3 atom stereocenters. The van der Waals surface area contributed by atoms with Crippen molar-refractivity contribution in [3.8, 4) is 0 Å². The van der Waals surface area contributed by atoms with Crippen LogP contribution in [0.2, 0.25) is 0 Å². The number of hydrogen-bond acceptors (Lipinski definition) is 7. The Morgan fingerprint density at radius 2 is 2.21 bits per heavy atom. The summed E-state index contributed by atoms with van der Waals surface area (Å²) in [6.07, 6.45) is 6.37. The van der Waals surface area contributed by atoms with E-state index in [9.17, 15) is 19.8 Å². The number of imidazole rings is 1. The summed E-state index contributed by atoms with van der Waals surface area (Å²) in [5.41, 5.74) is 0.625. The molecule has 2 aromatic heterocycles. The van der Waals surface area contributed by atoms with Gasteiger partial charge in [0.2, 0.25) is 0 Å². The van der Waals surface area contributed by atoms with E-state index in [0.29, 0.717) is 5.70 Å². The van der Waals surface area contributed by atoms with Gasteiger partial charge in [-0.3, -0.25) is 5.32 Å². The Kier molecular flexibility index (Phi) is 4.94. The Labute approximate surface area is 158 Å². The number of allylic oxidation sites excluding steroid dienone is 3. The number of aliphatic hydroxyl groups excluding tert-OH is 2. The lowest BCUT2D eigenvalue weighted by atomic mass is 10.1. The Hall–Kier alpha value is -3.02. The van der Waals surface area contributed by atoms with Crippen LogP contribution in [0.1, 0.15) is 25.5 Å². The maximum absolute atomic E-state index is 12.5. The molecule has 2 aliphatic rings. The summed E-state index contributed by atoms with van der Waals surface area (Å²) >= 11 is 0. The maximum Gasteiger partial charge on any atom is 0.329 e. The average Bonchev–Trinajstić information content (AvgIpc) is 3.21. The maximum atomic E-state index is 12.5. The number of aliphatic hydroxyl groups is 2. The van der Waals surface area contributed by atoms with Gasteiger partial charge in [0.15, 0.2) is 11.5 Å². The quantitative estimate of drug-likeness (QED) is 0.498. The number of fused-ring (bicyclic) bond motifs is 1. The number of carbonyl (C=O) groups excluding carboxylic acids is 1. The zero-order valence-electron chi connectivity index (χ0n) is 14.8. The van der Waals surface area contributed by atoms with Crippen LogP contribution in [0.3, 0.4) is 0 Å². The molecule has 1 aliphatic heterocycles. The van der Waals surface area contributed by atoms with E-state index >= 15 is 0 Å². The minimum Gasteiger partial charge on any atom is -0.394 e. The first kappa shape index (κ1) is 18.3. The first-order chi connectivity index (χ1) is 13.6. The molecule has 1 saturated heterocycles. The zero-order chi connectivity index (χ0) is 19.7. The third-order valence-electron chi connectivity index (χ3n) is 4.66. The number of nitrogens with one attached hydrogen (secondary N) is 3. The molecular weight excluding hydrogens is 368 g/mol. The van der Waals surface area contributed by atoms with E-state index in [-0.39, 0.29) is 30.0 Å². The molecule has 3 heterocycles. The molecule has 1 unspecified atom stereocenters. The molecular formula is C17H20N6O5. The average molecular weight is 388 g/mol. The van der Waals surface area contributed by atoms with Crippen molar-refractivity contribution in [2.24, 2.45) is 0 Å². The second-order valence-electron chi connectivity index (χ2n) is 6.55. The van der Waals surface area contributed by atoms with Gasteiger partial charge in [-0.2, -0.15) is 0 Å². The molecule has 28 heavy (non-hydrogen) atoms. The SMILES string of the molecule is O=C(NC1=CCCC=C1)Nc1ncnc2c1[nH]c(=O)n2[C@H]1C[C@@H](O)C(CO)O1.